The van der Waals surface area contributed by atoms with E-state index in [-0.39, 0.29) is 0 Å². The summed E-state index contributed by atoms with van der Waals surface area (Å²) in [6.07, 6.45) is 0. The molecule has 1 aromatic carbocycles. The molecule has 1 heterocycles. The number of alkyl halides is 1. The lowest BCUT2D eigenvalue weighted by molar-refractivity contribution is 0.100. The number of nitrogens with one attached hydrogen (secondary N) is 1. The highest BCUT2D eigenvalue weighted by Crippen LogP contribution is 2.22. The minimum absolute atomic E-state index is 0.419. The van der Waals surface area contributed by atoms with Crippen LogP contribution in [0, 0.1) is 6.92 Å². The monoisotopic (exact) mass is 233 g/mol. The number of carbonyl (C=O) groups excluding carboxylic acids is 1. The average Bonchev–Trinajstić information content (AvgIpc) is 2.70. The number of amides is 1. The number of aryl methyl sites for hydroxylation is 1. The first-order valence-electron chi connectivity index (χ1n) is 5.13. The molecule has 1 amide bonds. The van der Waals surface area contributed by atoms with Crippen LogP contribution in [-0.2, 0) is 6.67 Å². The number of nitrogens with two attached hydrogens (primary N) is 1. The van der Waals surface area contributed by atoms with Crippen LogP contribution in [0.5, 0.6) is 0 Å². The first kappa shape index (κ1) is 11.3. The van der Waals surface area contributed by atoms with Gasteiger partial charge in [-0.15, -0.1) is 0 Å². The number of hydrogen-bond donors (Lipinski definition) is 2. The van der Waals surface area contributed by atoms with E-state index in [0.717, 1.165) is 5.56 Å². The average molecular weight is 233 g/mol. The molecule has 4 nitrogen and oxygen atoms in total. The van der Waals surface area contributed by atoms with Crippen molar-refractivity contribution in [1.82, 2.24) is 9.97 Å². The topological polar surface area (TPSA) is 71.8 Å². The highest BCUT2D eigenvalue weighted by atomic mass is 19.1. The Hall–Kier alpha value is -2.17. The Morgan fingerprint density at radius 1 is 1.41 bits per heavy atom. The van der Waals surface area contributed by atoms with Crippen molar-refractivity contribution in [2.45, 2.75) is 13.6 Å². The Kier molecular flexibility index (Phi) is 2.91. The van der Waals surface area contributed by atoms with Gasteiger partial charge in [0.25, 0.3) is 0 Å². The highest BCUT2D eigenvalue weighted by molar-refractivity contribution is 5.93. The van der Waals surface area contributed by atoms with Crippen molar-refractivity contribution in [3.05, 3.63) is 41.3 Å². The van der Waals surface area contributed by atoms with Crippen molar-refractivity contribution in [1.29, 1.82) is 0 Å². The van der Waals surface area contributed by atoms with Crippen LogP contribution in [0.15, 0.2) is 24.3 Å². The van der Waals surface area contributed by atoms with E-state index in [0.29, 0.717) is 22.8 Å². The molecule has 0 atom stereocenters. The van der Waals surface area contributed by atoms with Gasteiger partial charge < -0.3 is 10.7 Å². The van der Waals surface area contributed by atoms with E-state index >= 15 is 0 Å². The van der Waals surface area contributed by atoms with Crippen molar-refractivity contribution in [3.8, 4) is 11.3 Å². The fourth-order valence-electron chi connectivity index (χ4n) is 1.67. The van der Waals surface area contributed by atoms with Crippen LogP contribution in [0.4, 0.5) is 4.39 Å². The fraction of sp³-hybridized carbons (Fsp3) is 0.167. The van der Waals surface area contributed by atoms with Gasteiger partial charge in [-0.05, 0) is 19.1 Å². The van der Waals surface area contributed by atoms with Crippen LogP contribution in [0.1, 0.15) is 21.9 Å². The maximum absolute atomic E-state index is 12.7. The van der Waals surface area contributed by atoms with Crippen LogP contribution < -0.4 is 5.73 Å². The summed E-state index contributed by atoms with van der Waals surface area (Å²) in [5.41, 5.74) is 7.33. The van der Waals surface area contributed by atoms with Crippen molar-refractivity contribution in [2.24, 2.45) is 5.73 Å². The van der Waals surface area contributed by atoms with Gasteiger partial charge in [-0.2, -0.15) is 0 Å². The SMILES string of the molecule is Cc1nc(-c2ccc(C(N)=O)cc2)c(CF)[nH]1. The summed E-state index contributed by atoms with van der Waals surface area (Å²) in [5.74, 6) is 0.173. The molecule has 3 N–H and O–H groups in total. The van der Waals surface area contributed by atoms with Gasteiger partial charge in [0.1, 0.15) is 12.5 Å². The van der Waals surface area contributed by atoms with Crippen LogP contribution in [0.2, 0.25) is 0 Å². The molecule has 2 rings (SSSR count). The molecule has 0 spiro atoms. The normalized spacial score (nSPS) is 10.5. The number of benzene rings is 1. The van der Waals surface area contributed by atoms with E-state index in [4.69, 9.17) is 5.73 Å². The van der Waals surface area contributed by atoms with E-state index in [9.17, 15) is 9.18 Å². The number of halogens is 1. The third-order valence-electron chi connectivity index (χ3n) is 2.47. The summed E-state index contributed by atoms with van der Waals surface area (Å²) in [6, 6.07) is 6.61. The van der Waals surface area contributed by atoms with Gasteiger partial charge in [0.15, 0.2) is 0 Å². The van der Waals surface area contributed by atoms with Crippen molar-refractivity contribution >= 4 is 5.91 Å². The first-order valence-corrected chi connectivity index (χ1v) is 5.13. The molecule has 0 fully saturated rings. The zero-order chi connectivity index (χ0) is 12.4. The molecule has 1 aromatic heterocycles. The number of nitrogens with zero attached hydrogens (tertiary/aromatic N) is 1. The Labute approximate surface area is 97.7 Å². The smallest absolute Gasteiger partial charge is 0.248 e. The fourth-order valence-corrected chi connectivity index (χ4v) is 1.67. The Balaban J connectivity index is 2.42. The molecule has 17 heavy (non-hydrogen) atoms. The van der Waals surface area contributed by atoms with E-state index in [1.807, 2.05) is 0 Å². The Morgan fingerprint density at radius 3 is 2.59 bits per heavy atom. The quantitative estimate of drug-likeness (QED) is 0.850. The number of hydrogen-bond acceptors (Lipinski definition) is 2. The lowest BCUT2D eigenvalue weighted by Crippen LogP contribution is -2.10. The summed E-state index contributed by atoms with van der Waals surface area (Å²) in [7, 11) is 0. The van der Waals surface area contributed by atoms with E-state index in [1.165, 1.54) is 0 Å². The largest absolute Gasteiger partial charge is 0.366 e. The third kappa shape index (κ3) is 2.18. The zero-order valence-corrected chi connectivity index (χ0v) is 9.33. The molecule has 0 radical (unpaired) electrons. The summed E-state index contributed by atoms with van der Waals surface area (Å²) >= 11 is 0. The number of imidazole rings is 1. The standard InChI is InChI=1S/C12H12FN3O/c1-7-15-10(6-13)11(16-7)8-2-4-9(5-3-8)12(14)17/h2-5H,6H2,1H3,(H2,14,17)(H,15,16). The van der Waals surface area contributed by atoms with Gasteiger partial charge in [-0.3, -0.25) is 4.79 Å². The van der Waals surface area contributed by atoms with Gasteiger partial charge in [-0.25, -0.2) is 9.37 Å². The predicted octanol–water partition coefficient (Wildman–Crippen LogP) is 1.95. The molecular formula is C12H12FN3O. The lowest BCUT2D eigenvalue weighted by atomic mass is 10.1. The highest BCUT2D eigenvalue weighted by Gasteiger charge is 2.10. The summed E-state index contributed by atoms with van der Waals surface area (Å²) in [6.45, 7) is 1.16. The number of aromatic nitrogens is 2. The number of carbonyl (C=O) groups is 1. The van der Waals surface area contributed by atoms with Crippen LogP contribution >= 0.6 is 0 Å². The van der Waals surface area contributed by atoms with Gasteiger partial charge in [0.2, 0.25) is 5.91 Å². The number of H-pyrrole nitrogens is 1. The summed E-state index contributed by atoms with van der Waals surface area (Å²) in [4.78, 5) is 18.0. The maximum Gasteiger partial charge on any atom is 0.248 e. The molecule has 5 heteroatoms. The van der Waals surface area contributed by atoms with Crippen molar-refractivity contribution in [3.63, 3.8) is 0 Å². The lowest BCUT2D eigenvalue weighted by Gasteiger charge is -2.00. The molecule has 2 aromatic rings. The van der Waals surface area contributed by atoms with E-state index in [2.05, 4.69) is 9.97 Å². The van der Waals surface area contributed by atoms with Crippen LogP contribution in [0.3, 0.4) is 0 Å². The molecule has 88 valence electrons. The third-order valence-corrected chi connectivity index (χ3v) is 2.47. The van der Waals surface area contributed by atoms with Gasteiger partial charge in [0, 0.05) is 11.1 Å². The summed E-state index contributed by atoms with van der Waals surface area (Å²) in [5, 5.41) is 0. The van der Waals surface area contributed by atoms with E-state index < -0.39 is 12.6 Å². The van der Waals surface area contributed by atoms with Gasteiger partial charge in [0.05, 0.1) is 11.4 Å². The minimum Gasteiger partial charge on any atom is -0.366 e. The Morgan fingerprint density at radius 2 is 2.06 bits per heavy atom. The molecule has 0 saturated carbocycles. The van der Waals surface area contributed by atoms with Crippen molar-refractivity contribution < 1.29 is 9.18 Å². The second-order valence-electron chi connectivity index (χ2n) is 3.72. The maximum atomic E-state index is 12.7. The molecule has 0 aliphatic carbocycles. The molecule has 0 unspecified atom stereocenters. The second kappa shape index (κ2) is 4.37. The van der Waals surface area contributed by atoms with Gasteiger partial charge in [-0.1, -0.05) is 12.1 Å². The molecule has 0 saturated heterocycles. The molecular weight excluding hydrogens is 221 g/mol. The van der Waals surface area contributed by atoms with Crippen LogP contribution in [-0.4, -0.2) is 15.9 Å². The molecule has 0 aliphatic rings. The van der Waals surface area contributed by atoms with Gasteiger partial charge >= 0.3 is 0 Å². The number of aromatic amines is 1. The number of rotatable bonds is 3. The number of primary amides is 1. The van der Waals surface area contributed by atoms with E-state index in [1.54, 1.807) is 31.2 Å². The predicted molar refractivity (Wildman–Crippen MR) is 62.1 cm³/mol. The second-order valence-corrected chi connectivity index (χ2v) is 3.72. The molecule has 0 bridgehead atoms. The Bertz CT molecular complexity index is 545. The first-order chi connectivity index (χ1) is 8.11. The minimum atomic E-state index is -0.603. The van der Waals surface area contributed by atoms with Crippen LogP contribution in [0.25, 0.3) is 11.3 Å². The zero-order valence-electron chi connectivity index (χ0n) is 9.33. The van der Waals surface area contributed by atoms with Crippen molar-refractivity contribution in [2.75, 3.05) is 0 Å². The summed E-state index contributed by atoms with van der Waals surface area (Å²) < 4.78 is 12.7. The molecule has 0 aliphatic heterocycles.